The van der Waals surface area contributed by atoms with Gasteiger partial charge in [0.2, 0.25) is 0 Å². The third kappa shape index (κ3) is 3.14. The van der Waals surface area contributed by atoms with Crippen molar-refractivity contribution in [2.45, 2.75) is 39.7 Å². The molecule has 0 aliphatic rings. The Hall–Kier alpha value is -1.98. The number of hydrogen-bond donors (Lipinski definition) is 2. The standard InChI is InChI=1S/C19H23N3OS/c1-4-14(10-23)22-18-17-16(13-8-6-12(3)7-9-13)15(5-2)24-19(17)21-11-20-18/h6-9,11,14,23H,4-5,10H2,1-3H3,(H,20,21,22). The van der Waals surface area contributed by atoms with Crippen molar-refractivity contribution in [1.29, 1.82) is 0 Å². The second kappa shape index (κ2) is 7.28. The molecule has 1 unspecified atom stereocenters. The van der Waals surface area contributed by atoms with Crippen LogP contribution >= 0.6 is 11.3 Å². The van der Waals surface area contributed by atoms with E-state index in [2.05, 4.69) is 60.3 Å². The fourth-order valence-electron chi connectivity index (χ4n) is 2.83. The van der Waals surface area contributed by atoms with Crippen LogP contribution in [0.5, 0.6) is 0 Å². The molecule has 0 fully saturated rings. The van der Waals surface area contributed by atoms with Crippen LogP contribution in [0.1, 0.15) is 30.7 Å². The van der Waals surface area contributed by atoms with E-state index in [0.717, 1.165) is 28.9 Å². The number of nitrogens with one attached hydrogen (secondary N) is 1. The SMILES string of the molecule is CCc1sc2ncnc(NC(CC)CO)c2c1-c1ccc(C)cc1. The summed E-state index contributed by atoms with van der Waals surface area (Å²) in [5.41, 5.74) is 3.66. The highest BCUT2D eigenvalue weighted by molar-refractivity contribution is 7.19. The maximum absolute atomic E-state index is 9.52. The van der Waals surface area contributed by atoms with Crippen LogP contribution in [0.4, 0.5) is 5.82 Å². The van der Waals surface area contributed by atoms with Gasteiger partial charge in [-0.25, -0.2) is 9.97 Å². The molecule has 2 N–H and O–H groups in total. The lowest BCUT2D eigenvalue weighted by Crippen LogP contribution is -2.23. The van der Waals surface area contributed by atoms with Gasteiger partial charge in [0.05, 0.1) is 18.0 Å². The monoisotopic (exact) mass is 341 g/mol. The third-order valence-corrected chi connectivity index (χ3v) is 5.52. The number of hydrogen-bond acceptors (Lipinski definition) is 5. The molecule has 0 radical (unpaired) electrons. The highest BCUT2D eigenvalue weighted by Crippen LogP contribution is 2.41. The third-order valence-electron chi connectivity index (χ3n) is 4.28. The highest BCUT2D eigenvalue weighted by Gasteiger charge is 2.19. The number of aryl methyl sites for hydroxylation is 2. The average molecular weight is 341 g/mol. The largest absolute Gasteiger partial charge is 0.394 e. The van der Waals surface area contributed by atoms with Gasteiger partial charge in [-0.05, 0) is 25.3 Å². The Balaban J connectivity index is 2.20. The van der Waals surface area contributed by atoms with Crippen molar-refractivity contribution in [3.8, 4) is 11.1 Å². The number of benzene rings is 1. The first kappa shape index (κ1) is 16.9. The van der Waals surface area contributed by atoms with Gasteiger partial charge >= 0.3 is 0 Å². The zero-order valence-corrected chi connectivity index (χ0v) is 15.2. The lowest BCUT2D eigenvalue weighted by Gasteiger charge is -2.16. The summed E-state index contributed by atoms with van der Waals surface area (Å²) in [6.45, 7) is 6.41. The van der Waals surface area contributed by atoms with E-state index in [1.54, 1.807) is 17.7 Å². The minimum absolute atomic E-state index is 0.000977. The van der Waals surface area contributed by atoms with E-state index >= 15 is 0 Å². The zero-order valence-electron chi connectivity index (χ0n) is 14.3. The highest BCUT2D eigenvalue weighted by atomic mass is 32.1. The molecule has 4 nitrogen and oxygen atoms in total. The maximum atomic E-state index is 9.52. The van der Waals surface area contributed by atoms with Crippen molar-refractivity contribution in [2.75, 3.05) is 11.9 Å². The Morgan fingerprint density at radius 1 is 1.17 bits per heavy atom. The first-order valence-electron chi connectivity index (χ1n) is 8.38. The predicted octanol–water partition coefficient (Wildman–Crippen LogP) is 4.41. The Morgan fingerprint density at radius 3 is 2.54 bits per heavy atom. The number of aliphatic hydroxyl groups is 1. The fourth-order valence-corrected chi connectivity index (χ4v) is 3.93. The van der Waals surface area contributed by atoms with Crippen LogP contribution in [0.2, 0.25) is 0 Å². The number of rotatable bonds is 6. The molecule has 0 amide bonds. The van der Waals surface area contributed by atoms with Crippen LogP contribution in [0.25, 0.3) is 21.3 Å². The minimum Gasteiger partial charge on any atom is -0.394 e. The lowest BCUT2D eigenvalue weighted by atomic mass is 10.0. The van der Waals surface area contributed by atoms with E-state index in [0.29, 0.717) is 0 Å². The van der Waals surface area contributed by atoms with Crippen LogP contribution in [0.15, 0.2) is 30.6 Å². The van der Waals surface area contributed by atoms with Gasteiger partial charge in [0, 0.05) is 10.4 Å². The molecule has 3 rings (SSSR count). The van der Waals surface area contributed by atoms with Gasteiger partial charge in [-0.15, -0.1) is 11.3 Å². The van der Waals surface area contributed by atoms with E-state index < -0.39 is 0 Å². The summed E-state index contributed by atoms with van der Waals surface area (Å²) in [5.74, 6) is 0.812. The fraction of sp³-hybridized carbons (Fsp3) is 0.368. The zero-order chi connectivity index (χ0) is 17.1. The summed E-state index contributed by atoms with van der Waals surface area (Å²) >= 11 is 1.73. The van der Waals surface area contributed by atoms with E-state index in [-0.39, 0.29) is 12.6 Å². The van der Waals surface area contributed by atoms with Crippen LogP contribution in [-0.2, 0) is 6.42 Å². The number of thiophene rings is 1. The Labute approximate surface area is 146 Å². The lowest BCUT2D eigenvalue weighted by molar-refractivity contribution is 0.271. The van der Waals surface area contributed by atoms with Gasteiger partial charge in [0.15, 0.2) is 0 Å². The molecular formula is C19H23N3OS. The van der Waals surface area contributed by atoms with E-state index in [1.165, 1.54) is 21.6 Å². The minimum atomic E-state index is -0.000977. The molecule has 0 aliphatic heterocycles. The maximum Gasteiger partial charge on any atom is 0.139 e. The Morgan fingerprint density at radius 2 is 1.92 bits per heavy atom. The van der Waals surface area contributed by atoms with Gasteiger partial charge < -0.3 is 10.4 Å². The quantitative estimate of drug-likeness (QED) is 0.697. The molecule has 24 heavy (non-hydrogen) atoms. The Bertz CT molecular complexity index is 822. The van der Waals surface area contributed by atoms with Crippen molar-refractivity contribution < 1.29 is 5.11 Å². The van der Waals surface area contributed by atoms with Crippen molar-refractivity contribution in [3.63, 3.8) is 0 Å². The van der Waals surface area contributed by atoms with Crippen molar-refractivity contribution in [3.05, 3.63) is 41.0 Å². The number of aliphatic hydroxyl groups excluding tert-OH is 1. The van der Waals surface area contributed by atoms with Gasteiger partial charge in [-0.1, -0.05) is 43.7 Å². The summed E-state index contributed by atoms with van der Waals surface area (Å²) in [6.07, 6.45) is 3.40. The van der Waals surface area contributed by atoms with E-state index in [9.17, 15) is 5.11 Å². The molecule has 1 aromatic carbocycles. The molecule has 0 bridgehead atoms. The summed E-state index contributed by atoms with van der Waals surface area (Å²) < 4.78 is 0. The summed E-state index contributed by atoms with van der Waals surface area (Å²) in [6, 6.07) is 8.60. The predicted molar refractivity (Wildman–Crippen MR) is 102 cm³/mol. The number of fused-ring (bicyclic) bond motifs is 1. The normalized spacial score (nSPS) is 12.5. The molecule has 126 valence electrons. The van der Waals surface area contributed by atoms with Gasteiger partial charge in [-0.2, -0.15) is 0 Å². The van der Waals surface area contributed by atoms with Gasteiger partial charge in [0.25, 0.3) is 0 Å². The van der Waals surface area contributed by atoms with E-state index in [1.807, 2.05) is 0 Å². The van der Waals surface area contributed by atoms with Crippen LogP contribution in [0.3, 0.4) is 0 Å². The first-order valence-corrected chi connectivity index (χ1v) is 9.20. The van der Waals surface area contributed by atoms with E-state index in [4.69, 9.17) is 0 Å². The second-order valence-corrected chi connectivity index (χ2v) is 7.04. The number of aromatic nitrogens is 2. The van der Waals surface area contributed by atoms with Crippen molar-refractivity contribution >= 4 is 27.4 Å². The summed E-state index contributed by atoms with van der Waals surface area (Å²) in [7, 11) is 0. The molecule has 0 saturated heterocycles. The van der Waals surface area contributed by atoms with Crippen LogP contribution in [0, 0.1) is 6.92 Å². The molecule has 2 heterocycles. The average Bonchev–Trinajstić information content (AvgIpc) is 2.99. The number of anilines is 1. The van der Waals surface area contributed by atoms with Gasteiger partial charge in [0.1, 0.15) is 17.0 Å². The molecule has 5 heteroatoms. The Kier molecular flexibility index (Phi) is 5.11. The summed E-state index contributed by atoms with van der Waals surface area (Å²) in [4.78, 5) is 11.3. The molecule has 0 saturated carbocycles. The van der Waals surface area contributed by atoms with Crippen LogP contribution < -0.4 is 5.32 Å². The first-order chi connectivity index (χ1) is 11.7. The molecule has 0 spiro atoms. The smallest absolute Gasteiger partial charge is 0.139 e. The molecule has 3 aromatic rings. The number of nitrogens with zero attached hydrogens (tertiary/aromatic N) is 2. The topological polar surface area (TPSA) is 58.0 Å². The molecule has 2 aromatic heterocycles. The van der Waals surface area contributed by atoms with Crippen molar-refractivity contribution in [2.24, 2.45) is 0 Å². The van der Waals surface area contributed by atoms with Crippen LogP contribution in [-0.4, -0.2) is 27.7 Å². The molecule has 0 aliphatic carbocycles. The summed E-state index contributed by atoms with van der Waals surface area (Å²) in [5, 5.41) is 14.0. The molecular weight excluding hydrogens is 318 g/mol. The second-order valence-electron chi connectivity index (χ2n) is 5.95. The van der Waals surface area contributed by atoms with Crippen molar-refractivity contribution in [1.82, 2.24) is 9.97 Å². The molecule has 1 atom stereocenters. The van der Waals surface area contributed by atoms with Gasteiger partial charge in [-0.3, -0.25) is 0 Å².